The molecule has 0 unspecified atom stereocenters. The summed E-state index contributed by atoms with van der Waals surface area (Å²) in [6.45, 7) is 2.69. The van der Waals surface area contributed by atoms with Gasteiger partial charge in [-0.3, -0.25) is 14.5 Å². The Morgan fingerprint density at radius 3 is 2.50 bits per heavy atom. The van der Waals surface area contributed by atoms with Gasteiger partial charge in [-0.25, -0.2) is 0 Å². The van der Waals surface area contributed by atoms with Crippen molar-refractivity contribution < 1.29 is 14.3 Å². The highest BCUT2D eigenvalue weighted by Gasteiger charge is 2.26. The van der Waals surface area contributed by atoms with Gasteiger partial charge in [0.2, 0.25) is 0 Å². The second kappa shape index (κ2) is 5.29. The van der Waals surface area contributed by atoms with E-state index in [1.165, 1.54) is 4.90 Å². The summed E-state index contributed by atoms with van der Waals surface area (Å²) in [5.41, 5.74) is 8.59. The third kappa shape index (κ3) is 2.57. The molecule has 0 aliphatic carbocycles. The molecule has 5 nitrogen and oxygen atoms in total. The number of carbonyl (C=O) groups is 2. The van der Waals surface area contributed by atoms with Gasteiger partial charge in [-0.2, -0.15) is 0 Å². The van der Waals surface area contributed by atoms with E-state index in [0.717, 1.165) is 16.7 Å². The first-order valence-corrected chi connectivity index (χ1v) is 5.81. The summed E-state index contributed by atoms with van der Waals surface area (Å²) in [7, 11) is 0. The van der Waals surface area contributed by atoms with Crippen LogP contribution >= 0.6 is 0 Å². The lowest BCUT2D eigenvalue weighted by atomic mass is 10.0. The molecule has 1 saturated heterocycles. The zero-order chi connectivity index (χ0) is 13.1. The van der Waals surface area contributed by atoms with Crippen LogP contribution in [-0.2, 0) is 27.4 Å². The normalized spacial score (nSPS) is 16.2. The molecule has 0 aromatic heterocycles. The third-order valence-corrected chi connectivity index (χ3v) is 3.02. The van der Waals surface area contributed by atoms with Crippen LogP contribution in [0.15, 0.2) is 18.2 Å². The molecule has 2 N–H and O–H groups in total. The van der Waals surface area contributed by atoms with Gasteiger partial charge in [0, 0.05) is 6.54 Å². The standard InChI is InChI=1S/C13H16N2O3/c1-9-4-10(5-14)2-3-11(9)6-15-12(16)7-18-8-13(15)17/h2-4H,5-8,14H2,1H3. The van der Waals surface area contributed by atoms with Gasteiger partial charge in [-0.1, -0.05) is 18.2 Å². The van der Waals surface area contributed by atoms with E-state index >= 15 is 0 Å². The quantitative estimate of drug-likeness (QED) is 0.783. The number of carbonyl (C=O) groups excluding carboxylic acids is 2. The fourth-order valence-corrected chi connectivity index (χ4v) is 1.93. The second-order valence-electron chi connectivity index (χ2n) is 4.33. The van der Waals surface area contributed by atoms with Gasteiger partial charge in [0.15, 0.2) is 0 Å². The first kappa shape index (κ1) is 12.7. The van der Waals surface area contributed by atoms with E-state index in [9.17, 15) is 9.59 Å². The Morgan fingerprint density at radius 2 is 1.94 bits per heavy atom. The predicted octanol–water partition coefficient (Wildman–Crippen LogP) is 0.339. The van der Waals surface area contributed by atoms with Crippen molar-refractivity contribution >= 4 is 11.8 Å². The Kier molecular flexibility index (Phi) is 3.74. The lowest BCUT2D eigenvalue weighted by Crippen LogP contribution is -2.45. The van der Waals surface area contributed by atoms with Crippen molar-refractivity contribution in [2.24, 2.45) is 5.73 Å². The smallest absolute Gasteiger partial charge is 0.255 e. The number of hydrogen-bond donors (Lipinski definition) is 1. The van der Waals surface area contributed by atoms with Gasteiger partial charge in [0.05, 0.1) is 6.54 Å². The van der Waals surface area contributed by atoms with Crippen LogP contribution in [0, 0.1) is 6.92 Å². The van der Waals surface area contributed by atoms with E-state index in [1.54, 1.807) is 0 Å². The Morgan fingerprint density at radius 1 is 1.28 bits per heavy atom. The summed E-state index contributed by atoms with van der Waals surface area (Å²) in [4.78, 5) is 24.5. The Bertz CT molecular complexity index is 469. The minimum absolute atomic E-state index is 0.0222. The number of imide groups is 1. The minimum Gasteiger partial charge on any atom is -0.362 e. The molecule has 0 bridgehead atoms. The monoisotopic (exact) mass is 248 g/mol. The highest BCUT2D eigenvalue weighted by Crippen LogP contribution is 2.15. The number of aryl methyl sites for hydroxylation is 1. The number of ether oxygens (including phenoxy) is 1. The van der Waals surface area contributed by atoms with Crippen LogP contribution in [0.1, 0.15) is 16.7 Å². The van der Waals surface area contributed by atoms with Gasteiger partial charge in [0.25, 0.3) is 11.8 Å². The summed E-state index contributed by atoms with van der Waals surface area (Å²) in [6.07, 6.45) is 0. The molecule has 2 amide bonds. The summed E-state index contributed by atoms with van der Waals surface area (Å²) in [5.74, 6) is -0.567. The van der Waals surface area contributed by atoms with Crippen LogP contribution in [0.2, 0.25) is 0 Å². The first-order chi connectivity index (χ1) is 8.61. The van der Waals surface area contributed by atoms with E-state index in [4.69, 9.17) is 10.5 Å². The fraction of sp³-hybridized carbons (Fsp3) is 0.385. The van der Waals surface area contributed by atoms with Crippen LogP contribution < -0.4 is 5.73 Å². The number of morpholine rings is 1. The molecule has 18 heavy (non-hydrogen) atoms. The maximum absolute atomic E-state index is 11.6. The van der Waals surface area contributed by atoms with Crippen LogP contribution in [0.25, 0.3) is 0 Å². The van der Waals surface area contributed by atoms with E-state index in [-0.39, 0.29) is 25.0 Å². The number of nitrogens with zero attached hydrogens (tertiary/aromatic N) is 1. The lowest BCUT2D eigenvalue weighted by molar-refractivity contribution is -0.159. The van der Waals surface area contributed by atoms with Crippen molar-refractivity contribution in [1.29, 1.82) is 0 Å². The van der Waals surface area contributed by atoms with Crippen LogP contribution in [-0.4, -0.2) is 29.9 Å². The largest absolute Gasteiger partial charge is 0.362 e. The second-order valence-corrected chi connectivity index (χ2v) is 4.33. The molecule has 0 spiro atoms. The first-order valence-electron chi connectivity index (χ1n) is 5.81. The van der Waals surface area contributed by atoms with Gasteiger partial charge < -0.3 is 10.5 Å². The van der Waals surface area contributed by atoms with E-state index in [2.05, 4.69) is 0 Å². The summed E-state index contributed by atoms with van der Waals surface area (Å²) < 4.78 is 4.87. The van der Waals surface area contributed by atoms with Crippen molar-refractivity contribution in [2.75, 3.05) is 13.2 Å². The Hall–Kier alpha value is -1.72. The van der Waals surface area contributed by atoms with Crippen molar-refractivity contribution in [1.82, 2.24) is 4.90 Å². The number of hydrogen-bond acceptors (Lipinski definition) is 4. The number of nitrogens with two attached hydrogens (primary N) is 1. The van der Waals surface area contributed by atoms with Crippen LogP contribution in [0.4, 0.5) is 0 Å². The summed E-state index contributed by atoms with van der Waals surface area (Å²) in [5, 5.41) is 0. The molecule has 2 rings (SSSR count). The molecule has 1 heterocycles. The van der Waals surface area contributed by atoms with E-state index in [1.807, 2.05) is 25.1 Å². The average Bonchev–Trinajstić information content (AvgIpc) is 2.35. The molecule has 96 valence electrons. The summed E-state index contributed by atoms with van der Waals surface area (Å²) in [6, 6.07) is 5.80. The van der Waals surface area contributed by atoms with Crippen LogP contribution in [0.5, 0.6) is 0 Å². The molecule has 0 saturated carbocycles. The van der Waals surface area contributed by atoms with Gasteiger partial charge in [-0.05, 0) is 23.6 Å². The van der Waals surface area contributed by atoms with Gasteiger partial charge >= 0.3 is 0 Å². The fourth-order valence-electron chi connectivity index (χ4n) is 1.93. The van der Waals surface area contributed by atoms with E-state index in [0.29, 0.717) is 13.1 Å². The van der Waals surface area contributed by atoms with E-state index < -0.39 is 0 Å². The summed E-state index contributed by atoms with van der Waals surface area (Å²) >= 11 is 0. The van der Waals surface area contributed by atoms with Crippen molar-refractivity contribution in [3.05, 3.63) is 34.9 Å². The molecule has 1 fully saturated rings. The van der Waals surface area contributed by atoms with Gasteiger partial charge in [0.1, 0.15) is 13.2 Å². The highest BCUT2D eigenvalue weighted by molar-refractivity contribution is 5.98. The molecule has 0 radical (unpaired) electrons. The zero-order valence-electron chi connectivity index (χ0n) is 10.3. The Labute approximate surface area is 106 Å². The highest BCUT2D eigenvalue weighted by atomic mass is 16.5. The molecule has 1 aromatic rings. The van der Waals surface area contributed by atoms with Crippen molar-refractivity contribution in [3.63, 3.8) is 0 Å². The maximum atomic E-state index is 11.6. The number of amides is 2. The third-order valence-electron chi connectivity index (χ3n) is 3.02. The number of rotatable bonds is 3. The maximum Gasteiger partial charge on any atom is 0.255 e. The molecular formula is C13H16N2O3. The molecule has 1 aliphatic rings. The van der Waals surface area contributed by atoms with Crippen molar-refractivity contribution in [3.8, 4) is 0 Å². The molecular weight excluding hydrogens is 232 g/mol. The SMILES string of the molecule is Cc1cc(CN)ccc1CN1C(=O)COCC1=O. The topological polar surface area (TPSA) is 72.6 Å². The molecule has 0 atom stereocenters. The van der Waals surface area contributed by atoms with Gasteiger partial charge in [-0.15, -0.1) is 0 Å². The molecule has 5 heteroatoms. The zero-order valence-corrected chi connectivity index (χ0v) is 10.3. The predicted molar refractivity (Wildman–Crippen MR) is 65.4 cm³/mol. The lowest BCUT2D eigenvalue weighted by Gasteiger charge is -2.25. The minimum atomic E-state index is -0.284. The molecule has 1 aromatic carbocycles. The number of benzene rings is 1. The average molecular weight is 248 g/mol. The Balaban J connectivity index is 2.17. The van der Waals surface area contributed by atoms with Crippen LogP contribution in [0.3, 0.4) is 0 Å². The molecule has 1 aliphatic heterocycles. The van der Waals surface area contributed by atoms with Crippen molar-refractivity contribution in [2.45, 2.75) is 20.0 Å².